The van der Waals surface area contributed by atoms with E-state index >= 15 is 0 Å². The predicted molar refractivity (Wildman–Crippen MR) is 96.9 cm³/mol. The lowest BCUT2D eigenvalue weighted by molar-refractivity contribution is -0.150. The van der Waals surface area contributed by atoms with Crippen LogP contribution in [0, 0.1) is 0 Å². The standard InChI is InChI=1S/C16H23N7O5/c1-2-22(14(26)12-10(24)11(25)15(27)28-12)23-13-9(6-18-7-19-13)21-16(23)20-8-3-4-17-5-8/h6-8,10-12,15,17,24-25,27H,2-5H2,1H3,(H,20,21)/t8?,10-,11+,12-,15+/m0/s1. The molecule has 1 amide bonds. The molecule has 5 N–H and O–H groups in total. The Balaban J connectivity index is 1.71. The first kappa shape index (κ1) is 19.0. The zero-order valence-corrected chi connectivity index (χ0v) is 15.3. The number of carbonyl (C=O) groups excluding carboxylic acids is 1. The van der Waals surface area contributed by atoms with Crippen LogP contribution in [0.2, 0.25) is 0 Å². The number of fused-ring (bicyclic) bond motifs is 1. The number of hydrogen-bond donors (Lipinski definition) is 5. The van der Waals surface area contributed by atoms with Crippen molar-refractivity contribution in [2.75, 3.05) is 30.0 Å². The molecule has 2 aromatic heterocycles. The lowest BCUT2D eigenvalue weighted by Gasteiger charge is -2.28. The highest BCUT2D eigenvalue weighted by Gasteiger charge is 2.47. The Morgan fingerprint density at radius 3 is 2.89 bits per heavy atom. The molecule has 4 heterocycles. The van der Waals surface area contributed by atoms with Gasteiger partial charge in [0.25, 0.3) is 5.91 Å². The lowest BCUT2D eigenvalue weighted by Crippen LogP contribution is -2.50. The average Bonchev–Trinajstić information content (AvgIpc) is 3.39. The number of nitrogens with one attached hydrogen (secondary N) is 2. The molecule has 0 aliphatic carbocycles. The predicted octanol–water partition coefficient (Wildman–Crippen LogP) is -2.48. The van der Waals surface area contributed by atoms with Gasteiger partial charge >= 0.3 is 0 Å². The summed E-state index contributed by atoms with van der Waals surface area (Å²) >= 11 is 0. The highest BCUT2D eigenvalue weighted by Crippen LogP contribution is 2.24. The van der Waals surface area contributed by atoms with Gasteiger partial charge in [-0.25, -0.2) is 20.0 Å². The van der Waals surface area contributed by atoms with Crippen molar-refractivity contribution in [3.05, 3.63) is 12.5 Å². The maximum Gasteiger partial charge on any atom is 0.273 e. The van der Waals surface area contributed by atoms with E-state index in [0.29, 0.717) is 17.1 Å². The van der Waals surface area contributed by atoms with Crippen molar-refractivity contribution in [3.63, 3.8) is 0 Å². The molecular weight excluding hydrogens is 370 g/mol. The minimum atomic E-state index is -1.63. The van der Waals surface area contributed by atoms with Crippen molar-refractivity contribution in [2.45, 2.75) is 44.0 Å². The molecule has 152 valence electrons. The summed E-state index contributed by atoms with van der Waals surface area (Å²) in [6.45, 7) is 3.61. The van der Waals surface area contributed by atoms with Crippen LogP contribution in [0.1, 0.15) is 13.3 Å². The number of rotatable bonds is 5. The molecule has 2 fully saturated rings. The number of anilines is 1. The Morgan fingerprint density at radius 2 is 2.25 bits per heavy atom. The number of nitrogens with zero attached hydrogens (tertiary/aromatic N) is 5. The van der Waals surface area contributed by atoms with Gasteiger partial charge in [0.2, 0.25) is 5.95 Å². The summed E-state index contributed by atoms with van der Waals surface area (Å²) in [7, 11) is 0. The van der Waals surface area contributed by atoms with Crippen molar-refractivity contribution in [2.24, 2.45) is 0 Å². The van der Waals surface area contributed by atoms with Gasteiger partial charge in [-0.3, -0.25) is 4.79 Å². The topological polar surface area (TPSA) is 158 Å². The number of aliphatic hydroxyl groups excluding tert-OH is 3. The van der Waals surface area contributed by atoms with Crippen molar-refractivity contribution in [1.29, 1.82) is 0 Å². The first-order chi connectivity index (χ1) is 13.5. The molecule has 1 unspecified atom stereocenters. The van der Waals surface area contributed by atoms with Gasteiger partial charge in [0.15, 0.2) is 18.0 Å². The fourth-order valence-corrected chi connectivity index (χ4v) is 3.51. The number of likely N-dealkylation sites (N-methyl/N-ethyl adjacent to an activating group) is 1. The third-order valence-corrected chi connectivity index (χ3v) is 4.97. The van der Waals surface area contributed by atoms with Crippen LogP contribution in [0.4, 0.5) is 5.95 Å². The van der Waals surface area contributed by atoms with Gasteiger partial charge in [0.1, 0.15) is 24.1 Å². The molecule has 5 atom stereocenters. The monoisotopic (exact) mass is 393 g/mol. The largest absolute Gasteiger partial charge is 0.387 e. The maximum atomic E-state index is 13.1. The fourth-order valence-electron chi connectivity index (χ4n) is 3.51. The molecule has 2 aliphatic rings. The maximum absolute atomic E-state index is 13.1. The summed E-state index contributed by atoms with van der Waals surface area (Å²) in [5.41, 5.74) is 0.905. The molecular formula is C16H23N7O5. The summed E-state index contributed by atoms with van der Waals surface area (Å²) in [6, 6.07) is 0.134. The van der Waals surface area contributed by atoms with E-state index in [9.17, 15) is 20.1 Å². The van der Waals surface area contributed by atoms with E-state index in [4.69, 9.17) is 4.74 Å². The van der Waals surface area contributed by atoms with Gasteiger partial charge in [-0.15, -0.1) is 0 Å². The summed E-state index contributed by atoms with van der Waals surface area (Å²) in [4.78, 5) is 25.8. The molecule has 2 aromatic rings. The van der Waals surface area contributed by atoms with Crippen molar-refractivity contribution < 1.29 is 24.9 Å². The Morgan fingerprint density at radius 1 is 1.43 bits per heavy atom. The Bertz CT molecular complexity index is 855. The number of ether oxygens (including phenoxy) is 1. The fraction of sp³-hybridized carbons (Fsp3) is 0.625. The van der Waals surface area contributed by atoms with E-state index in [1.54, 1.807) is 13.1 Å². The van der Waals surface area contributed by atoms with Crippen LogP contribution in [0.3, 0.4) is 0 Å². The molecule has 28 heavy (non-hydrogen) atoms. The van der Waals surface area contributed by atoms with Gasteiger partial charge in [0, 0.05) is 19.1 Å². The molecule has 0 aromatic carbocycles. The summed E-state index contributed by atoms with van der Waals surface area (Å²) in [5, 5.41) is 37.3. The molecule has 12 nitrogen and oxygen atoms in total. The van der Waals surface area contributed by atoms with Crippen molar-refractivity contribution >= 4 is 23.0 Å². The summed E-state index contributed by atoms with van der Waals surface area (Å²) < 4.78 is 6.60. The normalized spacial score (nSPS) is 30.1. The van der Waals surface area contributed by atoms with E-state index in [1.165, 1.54) is 16.0 Å². The van der Waals surface area contributed by atoms with Gasteiger partial charge in [-0.2, -0.15) is 4.68 Å². The second-order valence-electron chi connectivity index (χ2n) is 6.80. The van der Waals surface area contributed by atoms with Gasteiger partial charge < -0.3 is 30.7 Å². The molecule has 0 bridgehead atoms. The minimum absolute atomic E-state index is 0.134. The number of imidazole rings is 1. The highest BCUT2D eigenvalue weighted by atomic mass is 16.6. The summed E-state index contributed by atoms with van der Waals surface area (Å²) in [6.07, 6.45) is -2.35. The third-order valence-electron chi connectivity index (χ3n) is 4.97. The molecule has 2 aliphatic heterocycles. The SMILES string of the molecule is CCN(C(=O)[C@H]1O[C@@H](O)[C@H](O)[C@@H]1O)n1c(NC2CCNC2)nc2cncnc21. The number of aromatic nitrogens is 4. The Kier molecular flexibility index (Phi) is 5.12. The molecule has 0 spiro atoms. The van der Waals surface area contributed by atoms with Gasteiger partial charge in [0.05, 0.1) is 6.20 Å². The van der Waals surface area contributed by atoms with Crippen LogP contribution >= 0.6 is 0 Å². The van der Waals surface area contributed by atoms with E-state index in [0.717, 1.165) is 19.5 Å². The van der Waals surface area contributed by atoms with Crippen LogP contribution in [0.15, 0.2) is 12.5 Å². The molecule has 0 saturated carbocycles. The molecule has 4 rings (SSSR count). The van der Waals surface area contributed by atoms with Crippen LogP contribution in [-0.2, 0) is 9.53 Å². The van der Waals surface area contributed by atoms with E-state index in [-0.39, 0.29) is 12.6 Å². The Hall–Kier alpha value is -2.38. The molecule has 2 saturated heterocycles. The number of hydrogen-bond acceptors (Lipinski definition) is 10. The van der Waals surface area contributed by atoms with Gasteiger partial charge in [-0.1, -0.05) is 0 Å². The quantitative estimate of drug-likeness (QED) is 0.368. The van der Waals surface area contributed by atoms with E-state index in [1.807, 2.05) is 0 Å². The van der Waals surface area contributed by atoms with Crippen LogP contribution in [0.5, 0.6) is 0 Å². The summed E-state index contributed by atoms with van der Waals surface area (Å²) in [5.74, 6) is -0.218. The van der Waals surface area contributed by atoms with Crippen LogP contribution < -0.4 is 15.6 Å². The molecule has 0 radical (unpaired) electrons. The van der Waals surface area contributed by atoms with Crippen LogP contribution in [-0.4, -0.2) is 91.1 Å². The molecule has 12 heteroatoms. The van der Waals surface area contributed by atoms with E-state index in [2.05, 4.69) is 25.6 Å². The first-order valence-corrected chi connectivity index (χ1v) is 9.18. The smallest absolute Gasteiger partial charge is 0.273 e. The lowest BCUT2D eigenvalue weighted by atomic mass is 10.1. The second kappa shape index (κ2) is 7.56. The third kappa shape index (κ3) is 3.18. The average molecular weight is 393 g/mol. The van der Waals surface area contributed by atoms with E-state index < -0.39 is 30.5 Å². The number of amides is 1. The Labute approximate surface area is 160 Å². The zero-order valence-electron chi connectivity index (χ0n) is 15.3. The zero-order chi connectivity index (χ0) is 19.8. The van der Waals surface area contributed by atoms with Crippen LogP contribution in [0.25, 0.3) is 11.2 Å². The second-order valence-corrected chi connectivity index (χ2v) is 6.80. The van der Waals surface area contributed by atoms with Crippen molar-refractivity contribution in [3.8, 4) is 0 Å². The highest BCUT2D eigenvalue weighted by molar-refractivity contribution is 5.93. The number of aliphatic hydroxyl groups is 3. The van der Waals surface area contributed by atoms with Gasteiger partial charge in [-0.05, 0) is 19.9 Å². The first-order valence-electron chi connectivity index (χ1n) is 9.18. The number of carbonyl (C=O) groups is 1. The minimum Gasteiger partial charge on any atom is -0.387 e. The van der Waals surface area contributed by atoms with Crippen molar-refractivity contribution in [1.82, 2.24) is 24.9 Å².